The van der Waals surface area contributed by atoms with E-state index in [4.69, 9.17) is 5.73 Å². The van der Waals surface area contributed by atoms with Crippen molar-refractivity contribution in [2.24, 2.45) is 5.73 Å². The van der Waals surface area contributed by atoms with Crippen LogP contribution in [0.5, 0.6) is 0 Å². The van der Waals surface area contributed by atoms with Crippen molar-refractivity contribution in [3.63, 3.8) is 0 Å². The number of primary amides is 1. The van der Waals surface area contributed by atoms with Crippen LogP contribution in [-0.4, -0.2) is 52.7 Å². The summed E-state index contributed by atoms with van der Waals surface area (Å²) in [5.41, 5.74) is 6.18. The average molecular weight is 331 g/mol. The quantitative estimate of drug-likeness (QED) is 0.842. The highest BCUT2D eigenvalue weighted by atomic mass is 16.2. The van der Waals surface area contributed by atoms with Crippen molar-refractivity contribution >= 4 is 17.7 Å². The predicted octanol–water partition coefficient (Wildman–Crippen LogP) is 0.942. The largest absolute Gasteiger partial charge is 0.368 e. The Morgan fingerprint density at radius 1 is 1.25 bits per heavy atom. The van der Waals surface area contributed by atoms with Gasteiger partial charge in [0.1, 0.15) is 6.04 Å². The Kier molecular flexibility index (Phi) is 5.95. The second kappa shape index (κ2) is 7.95. The molecule has 1 aromatic rings. The second-order valence-electron chi connectivity index (χ2n) is 6.43. The lowest BCUT2D eigenvalue weighted by Crippen LogP contribution is -2.52. The highest BCUT2D eigenvalue weighted by Crippen LogP contribution is 2.21. The Morgan fingerprint density at radius 2 is 1.92 bits per heavy atom. The molecular weight excluding hydrogens is 306 g/mol. The van der Waals surface area contributed by atoms with Crippen LogP contribution in [0.1, 0.15) is 32.3 Å². The van der Waals surface area contributed by atoms with Gasteiger partial charge < -0.3 is 15.5 Å². The van der Waals surface area contributed by atoms with Crippen molar-refractivity contribution in [2.75, 3.05) is 13.1 Å². The molecule has 0 saturated carbocycles. The molecule has 6 heteroatoms. The third-order valence-corrected chi connectivity index (χ3v) is 4.29. The molecule has 24 heavy (non-hydrogen) atoms. The summed E-state index contributed by atoms with van der Waals surface area (Å²) in [6.07, 6.45) is 1.70. The predicted molar refractivity (Wildman–Crippen MR) is 90.9 cm³/mol. The van der Waals surface area contributed by atoms with E-state index >= 15 is 0 Å². The van der Waals surface area contributed by atoms with Crippen LogP contribution in [0.3, 0.4) is 0 Å². The van der Waals surface area contributed by atoms with Gasteiger partial charge >= 0.3 is 0 Å². The van der Waals surface area contributed by atoms with Gasteiger partial charge in [0.05, 0.1) is 13.0 Å². The topological polar surface area (TPSA) is 83.7 Å². The Bertz CT molecular complexity index is 601. The molecule has 0 aliphatic carbocycles. The minimum absolute atomic E-state index is 0.0557. The van der Waals surface area contributed by atoms with E-state index in [2.05, 4.69) is 0 Å². The zero-order chi connectivity index (χ0) is 17.7. The molecule has 1 aliphatic heterocycles. The van der Waals surface area contributed by atoms with Gasteiger partial charge in [0, 0.05) is 12.6 Å². The second-order valence-corrected chi connectivity index (χ2v) is 6.43. The van der Waals surface area contributed by atoms with Gasteiger partial charge in [-0.3, -0.25) is 14.4 Å². The first-order valence-corrected chi connectivity index (χ1v) is 8.32. The highest BCUT2D eigenvalue weighted by molar-refractivity contribution is 5.91. The molecule has 1 aromatic carbocycles. The van der Waals surface area contributed by atoms with E-state index in [1.165, 1.54) is 4.90 Å². The zero-order valence-corrected chi connectivity index (χ0v) is 14.3. The number of amides is 3. The zero-order valence-electron chi connectivity index (χ0n) is 14.3. The molecule has 6 nitrogen and oxygen atoms in total. The summed E-state index contributed by atoms with van der Waals surface area (Å²) in [4.78, 5) is 39.8. The van der Waals surface area contributed by atoms with Crippen molar-refractivity contribution in [1.29, 1.82) is 0 Å². The number of hydrogen-bond acceptors (Lipinski definition) is 3. The van der Waals surface area contributed by atoms with E-state index in [1.54, 1.807) is 4.90 Å². The number of carbonyl (C=O) groups excluding carboxylic acids is 3. The maximum absolute atomic E-state index is 12.8. The van der Waals surface area contributed by atoms with E-state index in [9.17, 15) is 14.4 Å². The Hall–Kier alpha value is -2.37. The van der Waals surface area contributed by atoms with Gasteiger partial charge in [0.2, 0.25) is 17.7 Å². The normalized spacial score (nSPS) is 17.1. The summed E-state index contributed by atoms with van der Waals surface area (Å²) in [6.45, 7) is 4.14. The first kappa shape index (κ1) is 18.0. The van der Waals surface area contributed by atoms with Crippen LogP contribution in [0.2, 0.25) is 0 Å². The van der Waals surface area contributed by atoms with Crippen molar-refractivity contribution in [3.8, 4) is 0 Å². The molecule has 0 spiro atoms. The number of benzene rings is 1. The third kappa shape index (κ3) is 4.34. The van der Waals surface area contributed by atoms with Crippen LogP contribution in [0, 0.1) is 0 Å². The minimum Gasteiger partial charge on any atom is -0.368 e. The first-order chi connectivity index (χ1) is 11.4. The Labute approximate surface area is 142 Å². The van der Waals surface area contributed by atoms with Crippen molar-refractivity contribution in [3.05, 3.63) is 35.9 Å². The molecule has 1 fully saturated rings. The fourth-order valence-electron chi connectivity index (χ4n) is 3.07. The molecule has 1 heterocycles. The summed E-state index contributed by atoms with van der Waals surface area (Å²) < 4.78 is 0. The lowest BCUT2D eigenvalue weighted by Gasteiger charge is -2.32. The Morgan fingerprint density at radius 3 is 2.50 bits per heavy atom. The molecule has 0 aromatic heterocycles. The van der Waals surface area contributed by atoms with Crippen LogP contribution >= 0.6 is 0 Å². The highest BCUT2D eigenvalue weighted by Gasteiger charge is 2.37. The smallest absolute Gasteiger partial charge is 0.246 e. The van der Waals surface area contributed by atoms with Crippen LogP contribution in [0.15, 0.2) is 30.3 Å². The van der Waals surface area contributed by atoms with Crippen LogP contribution < -0.4 is 5.73 Å². The van der Waals surface area contributed by atoms with E-state index in [-0.39, 0.29) is 30.8 Å². The summed E-state index contributed by atoms with van der Waals surface area (Å²) in [6, 6.07) is 8.85. The number of nitrogens with zero attached hydrogens (tertiary/aromatic N) is 2. The van der Waals surface area contributed by atoms with Gasteiger partial charge in [-0.15, -0.1) is 0 Å². The standard InChI is InChI=1S/C18H25N3O3/c1-13(2)21(12-16(19)22)18(24)15-9-6-10-20(15)17(23)11-14-7-4-3-5-8-14/h3-5,7-8,13,15H,6,9-12H2,1-2H3,(H2,19,22). The van der Waals surface area contributed by atoms with Crippen molar-refractivity contribution in [1.82, 2.24) is 9.80 Å². The summed E-state index contributed by atoms with van der Waals surface area (Å²) in [5, 5.41) is 0. The molecule has 0 bridgehead atoms. The maximum atomic E-state index is 12.8. The van der Waals surface area contributed by atoms with Crippen LogP contribution in [0.4, 0.5) is 0 Å². The van der Waals surface area contributed by atoms with Crippen molar-refractivity contribution in [2.45, 2.75) is 45.2 Å². The van der Waals surface area contributed by atoms with Crippen molar-refractivity contribution < 1.29 is 14.4 Å². The van der Waals surface area contributed by atoms with E-state index in [0.29, 0.717) is 13.0 Å². The fraction of sp³-hybridized carbons (Fsp3) is 0.500. The molecule has 0 radical (unpaired) electrons. The number of hydrogen-bond donors (Lipinski definition) is 1. The molecule has 130 valence electrons. The Balaban J connectivity index is 2.09. The number of rotatable bonds is 6. The van der Waals surface area contributed by atoms with E-state index < -0.39 is 11.9 Å². The minimum atomic E-state index is -0.544. The first-order valence-electron chi connectivity index (χ1n) is 8.32. The van der Waals surface area contributed by atoms with Crippen LogP contribution in [-0.2, 0) is 20.8 Å². The molecule has 1 atom stereocenters. The summed E-state index contributed by atoms with van der Waals surface area (Å²) in [7, 11) is 0. The van der Waals surface area contributed by atoms with Crippen LogP contribution in [0.25, 0.3) is 0 Å². The molecular formula is C18H25N3O3. The van der Waals surface area contributed by atoms with Gasteiger partial charge in [0.15, 0.2) is 0 Å². The molecule has 2 N–H and O–H groups in total. The average Bonchev–Trinajstić information content (AvgIpc) is 3.02. The van der Waals surface area contributed by atoms with Gasteiger partial charge in [0.25, 0.3) is 0 Å². The number of nitrogens with two attached hydrogens (primary N) is 1. The fourth-order valence-corrected chi connectivity index (χ4v) is 3.07. The van der Waals surface area contributed by atoms with E-state index in [0.717, 1.165) is 12.0 Å². The maximum Gasteiger partial charge on any atom is 0.246 e. The molecule has 2 rings (SSSR count). The molecule has 3 amide bonds. The third-order valence-electron chi connectivity index (χ3n) is 4.29. The summed E-state index contributed by atoms with van der Waals surface area (Å²) >= 11 is 0. The SMILES string of the molecule is CC(C)N(CC(N)=O)C(=O)C1CCCN1C(=O)Cc1ccccc1. The molecule has 1 aliphatic rings. The van der Waals surface area contributed by atoms with Gasteiger partial charge in [-0.25, -0.2) is 0 Å². The lowest BCUT2D eigenvalue weighted by molar-refractivity contribution is -0.146. The summed E-state index contributed by atoms with van der Waals surface area (Å²) in [5.74, 6) is -0.792. The number of likely N-dealkylation sites (tertiary alicyclic amines) is 1. The van der Waals surface area contributed by atoms with Gasteiger partial charge in [-0.2, -0.15) is 0 Å². The molecule has 1 unspecified atom stereocenters. The van der Waals surface area contributed by atoms with Gasteiger partial charge in [-0.1, -0.05) is 30.3 Å². The number of carbonyl (C=O) groups is 3. The monoisotopic (exact) mass is 331 g/mol. The lowest BCUT2D eigenvalue weighted by atomic mass is 10.1. The van der Waals surface area contributed by atoms with E-state index in [1.807, 2.05) is 44.2 Å². The molecule has 1 saturated heterocycles. The van der Waals surface area contributed by atoms with Gasteiger partial charge in [-0.05, 0) is 32.3 Å².